The van der Waals surface area contributed by atoms with Gasteiger partial charge in [-0.3, -0.25) is 9.48 Å². The van der Waals surface area contributed by atoms with Crippen LogP contribution in [0.1, 0.15) is 18.4 Å². The van der Waals surface area contributed by atoms with Crippen molar-refractivity contribution in [1.29, 1.82) is 0 Å². The molecule has 2 aromatic rings. The minimum atomic E-state index is -0.0507. The lowest BCUT2D eigenvalue weighted by Crippen LogP contribution is -2.14. The van der Waals surface area contributed by atoms with Crippen LogP contribution in [0.4, 0.5) is 5.69 Å². The number of anilines is 1. The largest absolute Gasteiger partial charge is 0.389 e. The second-order valence-electron chi connectivity index (χ2n) is 4.26. The highest BCUT2D eigenvalue weighted by Gasteiger charge is 2.04. The number of amides is 1. The first-order chi connectivity index (χ1) is 9.65. The van der Waals surface area contributed by atoms with E-state index >= 15 is 0 Å². The fraction of sp³-hybridized carbons (Fsp3) is 0.231. The van der Waals surface area contributed by atoms with Crippen LogP contribution in [-0.2, 0) is 11.3 Å². The van der Waals surface area contributed by atoms with E-state index in [2.05, 4.69) is 15.4 Å². The smallest absolute Gasteiger partial charge is 0.224 e. The fourth-order valence-corrected chi connectivity index (χ4v) is 1.85. The molecular weight excluding hydrogens is 274 g/mol. The Hall–Kier alpha value is -2.28. The maximum absolute atomic E-state index is 11.8. The summed E-state index contributed by atoms with van der Waals surface area (Å²) in [6, 6.07) is 7.18. The molecule has 1 heterocycles. The molecule has 0 fully saturated rings. The Labute approximate surface area is 122 Å². The van der Waals surface area contributed by atoms with Crippen molar-refractivity contribution >= 4 is 28.8 Å². The van der Waals surface area contributed by atoms with Crippen molar-refractivity contribution in [2.75, 3.05) is 5.32 Å². The van der Waals surface area contributed by atoms with Gasteiger partial charge >= 0.3 is 0 Å². The minimum Gasteiger partial charge on any atom is -0.389 e. The molecule has 0 saturated carbocycles. The van der Waals surface area contributed by atoms with Crippen LogP contribution in [0.2, 0.25) is 0 Å². The molecule has 2 rings (SSSR count). The Bertz CT molecular complexity index is 597. The van der Waals surface area contributed by atoms with Gasteiger partial charge < -0.3 is 11.1 Å². The van der Waals surface area contributed by atoms with Gasteiger partial charge in [-0.25, -0.2) is 4.98 Å². The van der Waals surface area contributed by atoms with Crippen LogP contribution >= 0.6 is 12.2 Å². The molecule has 104 valence electrons. The molecule has 6 nitrogen and oxygen atoms in total. The van der Waals surface area contributed by atoms with Gasteiger partial charge in [0.1, 0.15) is 17.6 Å². The summed E-state index contributed by atoms with van der Waals surface area (Å²) in [7, 11) is 0. The Morgan fingerprint density at radius 3 is 3.00 bits per heavy atom. The van der Waals surface area contributed by atoms with E-state index in [1.54, 1.807) is 29.2 Å². The summed E-state index contributed by atoms with van der Waals surface area (Å²) < 4.78 is 1.70. The Morgan fingerprint density at radius 2 is 2.30 bits per heavy atom. The Balaban J connectivity index is 1.82. The van der Waals surface area contributed by atoms with Crippen molar-refractivity contribution < 1.29 is 4.79 Å². The minimum absolute atomic E-state index is 0.0507. The van der Waals surface area contributed by atoms with Crippen molar-refractivity contribution in [3.05, 3.63) is 42.5 Å². The Kier molecular flexibility index (Phi) is 4.78. The molecule has 0 atom stereocenters. The molecule has 3 N–H and O–H groups in total. The first-order valence-electron chi connectivity index (χ1n) is 6.17. The monoisotopic (exact) mass is 289 g/mol. The number of carbonyl (C=O) groups excluding carboxylic acids is 1. The third-order valence-electron chi connectivity index (χ3n) is 2.69. The second kappa shape index (κ2) is 6.76. The number of hydrogen-bond donors (Lipinski definition) is 2. The van der Waals surface area contributed by atoms with Gasteiger partial charge in [-0.1, -0.05) is 24.4 Å². The first-order valence-corrected chi connectivity index (χ1v) is 6.58. The first kappa shape index (κ1) is 14.1. The lowest BCUT2D eigenvalue weighted by Gasteiger charge is -2.07. The molecule has 7 heteroatoms. The summed E-state index contributed by atoms with van der Waals surface area (Å²) in [5, 5.41) is 6.79. The maximum atomic E-state index is 11.8. The van der Waals surface area contributed by atoms with E-state index in [0.717, 1.165) is 5.56 Å². The van der Waals surface area contributed by atoms with Crippen LogP contribution in [0.25, 0.3) is 0 Å². The molecule has 1 amide bonds. The van der Waals surface area contributed by atoms with E-state index in [4.69, 9.17) is 18.0 Å². The van der Waals surface area contributed by atoms with Crippen LogP contribution in [0.3, 0.4) is 0 Å². The summed E-state index contributed by atoms with van der Waals surface area (Å²) in [4.78, 5) is 16.0. The van der Waals surface area contributed by atoms with Crippen LogP contribution < -0.4 is 11.1 Å². The molecule has 0 aliphatic rings. The van der Waals surface area contributed by atoms with Crippen LogP contribution in [0.15, 0.2) is 36.9 Å². The normalized spacial score (nSPS) is 10.2. The SMILES string of the molecule is NC(=S)c1cccc(NC(=O)CCCn2cncn2)c1. The van der Waals surface area contributed by atoms with E-state index in [9.17, 15) is 4.79 Å². The van der Waals surface area contributed by atoms with E-state index in [1.165, 1.54) is 6.33 Å². The number of nitrogens with one attached hydrogen (secondary N) is 1. The topological polar surface area (TPSA) is 85.8 Å². The number of aromatic nitrogens is 3. The third-order valence-corrected chi connectivity index (χ3v) is 2.92. The molecule has 0 saturated heterocycles. The standard InChI is InChI=1S/C13H15N5OS/c14-13(20)10-3-1-4-11(7-10)17-12(19)5-2-6-18-9-15-8-16-18/h1,3-4,7-9H,2,5-6H2,(H2,14,20)(H,17,19). The van der Waals surface area contributed by atoms with Gasteiger partial charge in [0.2, 0.25) is 5.91 Å². The number of carbonyl (C=O) groups is 1. The number of hydrogen-bond acceptors (Lipinski definition) is 4. The number of nitrogens with zero attached hydrogens (tertiary/aromatic N) is 3. The van der Waals surface area contributed by atoms with Crippen molar-refractivity contribution in [2.45, 2.75) is 19.4 Å². The summed E-state index contributed by atoms with van der Waals surface area (Å²) in [6.07, 6.45) is 4.21. The van der Waals surface area contributed by atoms with Crippen molar-refractivity contribution in [3.8, 4) is 0 Å². The zero-order valence-electron chi connectivity index (χ0n) is 10.8. The second-order valence-corrected chi connectivity index (χ2v) is 4.70. The van der Waals surface area contributed by atoms with E-state index in [0.29, 0.717) is 30.1 Å². The fourth-order valence-electron chi connectivity index (χ4n) is 1.72. The predicted molar refractivity (Wildman–Crippen MR) is 80.2 cm³/mol. The highest BCUT2D eigenvalue weighted by atomic mass is 32.1. The summed E-state index contributed by atoms with van der Waals surface area (Å²) >= 11 is 4.90. The number of benzene rings is 1. The van der Waals surface area contributed by atoms with Crippen LogP contribution in [0.5, 0.6) is 0 Å². The van der Waals surface area contributed by atoms with Crippen molar-refractivity contribution in [2.24, 2.45) is 5.73 Å². The maximum Gasteiger partial charge on any atom is 0.224 e. The molecule has 0 unspecified atom stereocenters. The molecular formula is C13H15N5OS. The average molecular weight is 289 g/mol. The van der Waals surface area contributed by atoms with Crippen LogP contribution in [0, 0.1) is 0 Å². The summed E-state index contributed by atoms with van der Waals surface area (Å²) in [5.74, 6) is -0.0507. The molecule has 0 bridgehead atoms. The number of thiocarbonyl (C=S) groups is 1. The van der Waals surface area contributed by atoms with Crippen molar-refractivity contribution in [3.63, 3.8) is 0 Å². The summed E-state index contributed by atoms with van der Waals surface area (Å²) in [6.45, 7) is 0.667. The lowest BCUT2D eigenvalue weighted by molar-refractivity contribution is -0.116. The molecule has 0 aliphatic carbocycles. The van der Waals surface area contributed by atoms with E-state index < -0.39 is 0 Å². The van der Waals surface area contributed by atoms with E-state index in [-0.39, 0.29) is 5.91 Å². The van der Waals surface area contributed by atoms with Crippen molar-refractivity contribution in [1.82, 2.24) is 14.8 Å². The zero-order valence-corrected chi connectivity index (χ0v) is 11.6. The summed E-state index contributed by atoms with van der Waals surface area (Å²) in [5.41, 5.74) is 6.98. The Morgan fingerprint density at radius 1 is 1.45 bits per heavy atom. The molecule has 0 aliphatic heterocycles. The van der Waals surface area contributed by atoms with Gasteiger partial charge in [-0.15, -0.1) is 0 Å². The predicted octanol–water partition coefficient (Wildman–Crippen LogP) is 1.33. The van der Waals surface area contributed by atoms with Gasteiger partial charge in [0.15, 0.2) is 0 Å². The molecule has 0 spiro atoms. The third kappa shape index (κ3) is 4.13. The zero-order chi connectivity index (χ0) is 14.4. The van der Waals surface area contributed by atoms with Gasteiger partial charge in [0, 0.05) is 24.2 Å². The lowest BCUT2D eigenvalue weighted by atomic mass is 10.2. The highest BCUT2D eigenvalue weighted by Crippen LogP contribution is 2.11. The quantitative estimate of drug-likeness (QED) is 0.784. The van der Waals surface area contributed by atoms with Gasteiger partial charge in [-0.2, -0.15) is 5.10 Å². The average Bonchev–Trinajstić information content (AvgIpc) is 2.92. The molecule has 20 heavy (non-hydrogen) atoms. The van der Waals surface area contributed by atoms with Gasteiger partial charge in [-0.05, 0) is 18.6 Å². The highest BCUT2D eigenvalue weighted by molar-refractivity contribution is 7.80. The number of nitrogens with two attached hydrogens (primary N) is 1. The molecule has 1 aromatic carbocycles. The number of aryl methyl sites for hydroxylation is 1. The molecule has 1 aromatic heterocycles. The van der Waals surface area contributed by atoms with E-state index in [1.807, 2.05) is 6.07 Å². The van der Waals surface area contributed by atoms with Gasteiger partial charge in [0.05, 0.1) is 0 Å². The van der Waals surface area contributed by atoms with Crippen LogP contribution in [-0.4, -0.2) is 25.7 Å². The molecule has 0 radical (unpaired) electrons. The number of rotatable bonds is 6. The van der Waals surface area contributed by atoms with Gasteiger partial charge in [0.25, 0.3) is 0 Å².